The molecule has 0 saturated heterocycles. The van der Waals surface area contributed by atoms with Crippen LogP contribution >= 0.6 is 0 Å². The highest BCUT2D eigenvalue weighted by molar-refractivity contribution is 7.89. The minimum atomic E-state index is -3.51. The highest BCUT2D eigenvalue weighted by Crippen LogP contribution is 2.22. The van der Waals surface area contributed by atoms with Crippen LogP contribution in [0.5, 0.6) is 0 Å². The molecule has 1 fully saturated rings. The molecule has 1 heterocycles. The molecule has 0 amide bonds. The van der Waals surface area contributed by atoms with Gasteiger partial charge in [-0.05, 0) is 26.7 Å². The van der Waals surface area contributed by atoms with E-state index < -0.39 is 10.0 Å². The lowest BCUT2D eigenvalue weighted by Gasteiger charge is -2.20. The third-order valence-corrected chi connectivity index (χ3v) is 5.43. The van der Waals surface area contributed by atoms with Gasteiger partial charge in [0.2, 0.25) is 10.0 Å². The van der Waals surface area contributed by atoms with Crippen LogP contribution in [0.4, 0.5) is 0 Å². The number of hydrogen-bond donors (Lipinski definition) is 1. The summed E-state index contributed by atoms with van der Waals surface area (Å²) in [5.74, 6) is 0.357. The van der Waals surface area contributed by atoms with E-state index in [4.69, 9.17) is 4.52 Å². The molecule has 19 heavy (non-hydrogen) atoms. The average Bonchev–Trinajstić information content (AvgIpc) is 2.62. The van der Waals surface area contributed by atoms with Crippen molar-refractivity contribution in [2.24, 2.45) is 0 Å². The van der Waals surface area contributed by atoms with Crippen LogP contribution in [0.1, 0.15) is 56.4 Å². The molecule has 1 aliphatic rings. The van der Waals surface area contributed by atoms with E-state index in [1.165, 1.54) is 19.3 Å². The monoisotopic (exact) mass is 286 g/mol. The maximum atomic E-state index is 12.4. The van der Waals surface area contributed by atoms with Crippen molar-refractivity contribution in [1.82, 2.24) is 9.88 Å². The van der Waals surface area contributed by atoms with E-state index in [1.807, 2.05) is 0 Å². The SMILES string of the molecule is Cc1noc(C)c1S(=O)(=O)NC1CCCCCCC1. The number of aromatic nitrogens is 1. The summed E-state index contributed by atoms with van der Waals surface area (Å²) in [6.07, 6.45) is 7.69. The molecule has 0 aromatic carbocycles. The first-order chi connectivity index (χ1) is 9.00. The second-order valence-corrected chi connectivity index (χ2v) is 6.97. The summed E-state index contributed by atoms with van der Waals surface area (Å²) >= 11 is 0. The van der Waals surface area contributed by atoms with Crippen LogP contribution in [0.25, 0.3) is 0 Å². The van der Waals surface area contributed by atoms with E-state index in [2.05, 4.69) is 9.88 Å². The van der Waals surface area contributed by atoms with Crippen LogP contribution in [-0.4, -0.2) is 19.6 Å². The first-order valence-corrected chi connectivity index (χ1v) is 8.44. The lowest BCUT2D eigenvalue weighted by atomic mass is 9.97. The zero-order valence-corrected chi connectivity index (χ0v) is 12.4. The Hall–Kier alpha value is -0.880. The van der Waals surface area contributed by atoms with E-state index in [9.17, 15) is 8.42 Å². The zero-order chi connectivity index (χ0) is 13.9. The molecule has 1 N–H and O–H groups in total. The second-order valence-electron chi connectivity index (χ2n) is 5.32. The van der Waals surface area contributed by atoms with Gasteiger partial charge in [0.25, 0.3) is 0 Å². The van der Waals surface area contributed by atoms with Crippen LogP contribution in [0.15, 0.2) is 9.42 Å². The Balaban J connectivity index is 2.12. The van der Waals surface area contributed by atoms with Crippen LogP contribution in [0, 0.1) is 13.8 Å². The predicted octanol–water partition coefficient (Wildman–Crippen LogP) is 2.68. The number of hydrogen-bond acceptors (Lipinski definition) is 4. The van der Waals surface area contributed by atoms with E-state index in [1.54, 1.807) is 13.8 Å². The number of aryl methyl sites for hydroxylation is 2. The standard InChI is InChI=1S/C13H22N2O3S/c1-10-13(11(2)18-14-10)19(16,17)15-12-8-6-4-3-5-7-9-12/h12,15H,3-9H2,1-2H3. The Labute approximate surface area is 114 Å². The lowest BCUT2D eigenvalue weighted by molar-refractivity contribution is 0.390. The first kappa shape index (κ1) is 14.5. The highest BCUT2D eigenvalue weighted by atomic mass is 32.2. The lowest BCUT2D eigenvalue weighted by Crippen LogP contribution is -2.35. The average molecular weight is 286 g/mol. The molecule has 1 aromatic rings. The fourth-order valence-corrected chi connectivity index (χ4v) is 4.34. The maximum absolute atomic E-state index is 12.4. The van der Waals surface area contributed by atoms with Gasteiger partial charge in [0.1, 0.15) is 10.6 Å². The third kappa shape index (κ3) is 3.57. The molecule has 1 aromatic heterocycles. The summed E-state index contributed by atoms with van der Waals surface area (Å²) in [4.78, 5) is 0.203. The number of nitrogens with one attached hydrogen (secondary N) is 1. The van der Waals surface area contributed by atoms with Crippen molar-refractivity contribution in [3.05, 3.63) is 11.5 Å². The van der Waals surface area contributed by atoms with Gasteiger partial charge in [0.05, 0.1) is 0 Å². The summed E-state index contributed by atoms with van der Waals surface area (Å²) in [5, 5.41) is 3.71. The maximum Gasteiger partial charge on any atom is 0.246 e. The summed E-state index contributed by atoms with van der Waals surface area (Å²) < 4.78 is 32.5. The van der Waals surface area contributed by atoms with Crippen molar-refractivity contribution in [1.29, 1.82) is 0 Å². The zero-order valence-electron chi connectivity index (χ0n) is 11.6. The topological polar surface area (TPSA) is 72.2 Å². The Morgan fingerprint density at radius 1 is 1.11 bits per heavy atom. The molecular weight excluding hydrogens is 264 g/mol. The van der Waals surface area contributed by atoms with Gasteiger partial charge >= 0.3 is 0 Å². The molecule has 0 spiro atoms. The minimum absolute atomic E-state index is 0.0407. The van der Waals surface area contributed by atoms with Gasteiger partial charge in [0, 0.05) is 6.04 Å². The molecule has 2 rings (SSSR count). The van der Waals surface area contributed by atoms with Gasteiger partial charge in [-0.2, -0.15) is 0 Å². The van der Waals surface area contributed by atoms with Gasteiger partial charge < -0.3 is 4.52 Å². The van der Waals surface area contributed by atoms with Crippen LogP contribution in [0.2, 0.25) is 0 Å². The van der Waals surface area contributed by atoms with Gasteiger partial charge in [-0.25, -0.2) is 13.1 Å². The highest BCUT2D eigenvalue weighted by Gasteiger charge is 2.27. The number of rotatable bonds is 3. The van der Waals surface area contributed by atoms with Crippen LogP contribution in [0.3, 0.4) is 0 Å². The quantitative estimate of drug-likeness (QED) is 0.927. The van der Waals surface area contributed by atoms with Crippen molar-refractivity contribution in [2.75, 3.05) is 0 Å². The second kappa shape index (κ2) is 6.05. The van der Waals surface area contributed by atoms with Crippen molar-refractivity contribution >= 4 is 10.0 Å². The Kier molecular flexibility index (Phi) is 4.62. The Bertz CT molecular complexity index is 494. The smallest absolute Gasteiger partial charge is 0.246 e. The van der Waals surface area contributed by atoms with E-state index in [0.29, 0.717) is 11.5 Å². The molecule has 1 saturated carbocycles. The normalized spacial score (nSPS) is 19.1. The summed E-state index contributed by atoms with van der Waals surface area (Å²) in [6, 6.07) is 0.0407. The fraction of sp³-hybridized carbons (Fsp3) is 0.769. The van der Waals surface area contributed by atoms with Crippen molar-refractivity contribution < 1.29 is 12.9 Å². The molecule has 5 nitrogen and oxygen atoms in total. The third-order valence-electron chi connectivity index (χ3n) is 3.66. The minimum Gasteiger partial charge on any atom is -0.360 e. The van der Waals surface area contributed by atoms with Crippen molar-refractivity contribution in [3.63, 3.8) is 0 Å². The van der Waals surface area contributed by atoms with E-state index in [0.717, 1.165) is 25.7 Å². The summed E-state index contributed by atoms with van der Waals surface area (Å²) in [6.45, 7) is 3.29. The van der Waals surface area contributed by atoms with Crippen molar-refractivity contribution in [3.8, 4) is 0 Å². The summed E-state index contributed by atoms with van der Waals surface area (Å²) in [5.41, 5.74) is 0.427. The van der Waals surface area contributed by atoms with Crippen LogP contribution < -0.4 is 4.72 Å². The molecule has 0 aliphatic heterocycles. The van der Waals surface area contributed by atoms with Crippen molar-refractivity contribution in [2.45, 2.75) is 69.7 Å². The predicted molar refractivity (Wildman–Crippen MR) is 72.4 cm³/mol. The van der Waals surface area contributed by atoms with Gasteiger partial charge in [-0.1, -0.05) is 37.3 Å². The molecule has 0 atom stereocenters. The summed E-state index contributed by atoms with van der Waals surface area (Å²) in [7, 11) is -3.51. The molecule has 0 radical (unpaired) electrons. The van der Waals surface area contributed by atoms with Gasteiger partial charge in [0.15, 0.2) is 5.76 Å². The van der Waals surface area contributed by atoms with Gasteiger partial charge in [-0.15, -0.1) is 0 Å². The first-order valence-electron chi connectivity index (χ1n) is 6.96. The molecular formula is C13H22N2O3S. The van der Waals surface area contributed by atoms with Crippen LogP contribution in [-0.2, 0) is 10.0 Å². The molecule has 6 heteroatoms. The molecule has 0 bridgehead atoms. The Morgan fingerprint density at radius 2 is 1.68 bits per heavy atom. The number of sulfonamides is 1. The fourth-order valence-electron chi connectivity index (χ4n) is 2.71. The van der Waals surface area contributed by atoms with E-state index >= 15 is 0 Å². The van der Waals surface area contributed by atoms with E-state index in [-0.39, 0.29) is 10.9 Å². The molecule has 0 unspecified atom stereocenters. The molecule has 1 aliphatic carbocycles. The largest absolute Gasteiger partial charge is 0.360 e. The number of nitrogens with zero attached hydrogens (tertiary/aromatic N) is 1. The Morgan fingerprint density at radius 3 is 2.21 bits per heavy atom. The van der Waals surface area contributed by atoms with Gasteiger partial charge in [-0.3, -0.25) is 0 Å². The molecule has 108 valence electrons.